The molecular formula is C22H29FN6O2. The number of carbonyl (C=O) groups is 1. The van der Waals surface area contributed by atoms with Crippen LogP contribution in [-0.2, 0) is 4.79 Å². The number of anilines is 1. The summed E-state index contributed by atoms with van der Waals surface area (Å²) in [6, 6.07) is 6.18. The Morgan fingerprint density at radius 2 is 2.13 bits per heavy atom. The second-order valence-electron chi connectivity index (χ2n) is 8.53. The van der Waals surface area contributed by atoms with Gasteiger partial charge in [-0.2, -0.15) is 5.10 Å². The van der Waals surface area contributed by atoms with Crippen LogP contribution in [-0.4, -0.2) is 67.4 Å². The zero-order valence-electron chi connectivity index (χ0n) is 18.1. The van der Waals surface area contributed by atoms with Gasteiger partial charge in [-0.15, -0.1) is 0 Å². The maximum absolute atomic E-state index is 14.7. The Labute approximate surface area is 181 Å². The lowest BCUT2D eigenvalue weighted by molar-refractivity contribution is -0.141. The van der Waals surface area contributed by atoms with E-state index in [1.54, 1.807) is 30.2 Å². The summed E-state index contributed by atoms with van der Waals surface area (Å²) in [6.45, 7) is 8.53. The minimum absolute atomic E-state index is 0. The van der Waals surface area contributed by atoms with E-state index in [0.29, 0.717) is 42.2 Å². The number of nitrogens with one attached hydrogen (secondary N) is 1. The van der Waals surface area contributed by atoms with Crippen LogP contribution in [0.2, 0.25) is 0 Å². The number of carbonyl (C=O) groups excluding carboxylic acids is 1. The second-order valence-corrected chi connectivity index (χ2v) is 8.53. The Kier molecular flexibility index (Phi) is 5.38. The number of halogens is 1. The third-order valence-electron chi connectivity index (χ3n) is 6.35. The minimum atomic E-state index is -1.08. The summed E-state index contributed by atoms with van der Waals surface area (Å²) >= 11 is 0. The molecule has 0 aliphatic carbocycles. The molecule has 4 heterocycles. The smallest absolute Gasteiger partial charge is 0.219 e. The van der Waals surface area contributed by atoms with Crippen molar-refractivity contribution in [3.8, 4) is 11.4 Å². The maximum Gasteiger partial charge on any atom is 0.219 e. The van der Waals surface area contributed by atoms with Gasteiger partial charge in [0, 0.05) is 39.6 Å². The molecule has 31 heavy (non-hydrogen) atoms. The van der Waals surface area contributed by atoms with Crippen LogP contribution in [0.15, 0.2) is 30.5 Å². The van der Waals surface area contributed by atoms with Gasteiger partial charge in [-0.05, 0) is 37.1 Å². The fourth-order valence-electron chi connectivity index (χ4n) is 4.07. The Bertz CT molecular complexity index is 1120. The Morgan fingerprint density at radius 1 is 1.35 bits per heavy atom. The minimum Gasteiger partial charge on any atom is -0.388 e. The lowest BCUT2D eigenvalue weighted by atomic mass is 9.83. The zero-order chi connectivity index (χ0) is 22.3. The Morgan fingerprint density at radius 3 is 2.84 bits per heavy atom. The summed E-state index contributed by atoms with van der Waals surface area (Å²) in [5.41, 5.74) is 0.0373. The molecule has 0 bridgehead atoms. The summed E-state index contributed by atoms with van der Waals surface area (Å²) < 4.78 is 14.7. The topological polar surface area (TPSA) is 98.2 Å². The molecule has 1 saturated heterocycles. The molecule has 8 nitrogen and oxygen atoms in total. The van der Waals surface area contributed by atoms with Gasteiger partial charge in [-0.25, -0.2) is 14.4 Å². The lowest BCUT2D eigenvalue weighted by Gasteiger charge is -2.49. The molecule has 2 unspecified atom stereocenters. The highest BCUT2D eigenvalue weighted by Gasteiger charge is 2.43. The van der Waals surface area contributed by atoms with E-state index >= 15 is 0 Å². The molecule has 0 saturated carbocycles. The molecule has 2 atom stereocenters. The van der Waals surface area contributed by atoms with Crippen LogP contribution in [0.5, 0.6) is 0 Å². The van der Waals surface area contributed by atoms with E-state index in [1.807, 2.05) is 24.8 Å². The number of H-pyrrole nitrogens is 1. The van der Waals surface area contributed by atoms with Crippen molar-refractivity contribution in [3.63, 3.8) is 0 Å². The van der Waals surface area contributed by atoms with E-state index in [2.05, 4.69) is 20.2 Å². The lowest BCUT2D eigenvalue weighted by Crippen LogP contribution is -2.64. The van der Waals surface area contributed by atoms with Gasteiger partial charge in [0.15, 0.2) is 11.5 Å². The average Bonchev–Trinajstić information content (AvgIpc) is 3.17. The van der Waals surface area contributed by atoms with Gasteiger partial charge in [0.05, 0.1) is 17.3 Å². The highest BCUT2D eigenvalue weighted by Crippen LogP contribution is 2.32. The number of rotatable bonds is 4. The molecule has 9 heteroatoms. The zero-order valence-corrected chi connectivity index (χ0v) is 18.1. The van der Waals surface area contributed by atoms with Crippen molar-refractivity contribution in [1.29, 1.82) is 0 Å². The van der Waals surface area contributed by atoms with Gasteiger partial charge in [0.1, 0.15) is 11.5 Å². The standard InChI is InChI=1S/C22H27FN6O2.H2/c1-13(2)22(4,31)17-12-28(10-11-29(17)14(3)30)18-8-7-16(23)20(25-18)19-15-6-5-9-24-21(15)27-26-19;/h5-9,13,17,31H,10-12H2,1-4H3,(H,24,26,27);1H. The third-order valence-corrected chi connectivity index (χ3v) is 6.35. The quantitative estimate of drug-likeness (QED) is 0.663. The number of nitrogens with zero attached hydrogens (tertiary/aromatic N) is 5. The van der Waals surface area contributed by atoms with E-state index in [-0.39, 0.29) is 18.9 Å². The van der Waals surface area contributed by atoms with Crippen LogP contribution in [0, 0.1) is 11.7 Å². The number of piperazine rings is 1. The summed E-state index contributed by atoms with van der Waals surface area (Å²) in [4.78, 5) is 24.7. The maximum atomic E-state index is 14.7. The van der Waals surface area contributed by atoms with Crippen molar-refractivity contribution in [2.24, 2.45) is 5.92 Å². The van der Waals surface area contributed by atoms with Crippen LogP contribution in [0.4, 0.5) is 10.2 Å². The fraction of sp³-hybridized carbons (Fsp3) is 0.455. The first kappa shape index (κ1) is 21.2. The average molecular weight is 429 g/mol. The van der Waals surface area contributed by atoms with Crippen LogP contribution in [0.25, 0.3) is 22.4 Å². The number of fused-ring (bicyclic) bond motifs is 1. The molecular weight excluding hydrogens is 399 g/mol. The third kappa shape index (κ3) is 3.74. The summed E-state index contributed by atoms with van der Waals surface area (Å²) in [5, 5.41) is 18.8. The molecule has 3 aromatic rings. The van der Waals surface area contributed by atoms with E-state index in [9.17, 15) is 14.3 Å². The number of hydrogen-bond donors (Lipinski definition) is 2. The number of hydrogen-bond acceptors (Lipinski definition) is 6. The molecule has 3 aromatic heterocycles. The molecule has 0 radical (unpaired) electrons. The van der Waals surface area contributed by atoms with E-state index in [4.69, 9.17) is 0 Å². The number of pyridine rings is 2. The molecule has 1 aliphatic rings. The van der Waals surface area contributed by atoms with E-state index in [1.165, 1.54) is 13.0 Å². The van der Waals surface area contributed by atoms with E-state index < -0.39 is 17.5 Å². The van der Waals surface area contributed by atoms with Crippen molar-refractivity contribution >= 4 is 22.8 Å². The van der Waals surface area contributed by atoms with Crippen molar-refractivity contribution in [3.05, 3.63) is 36.3 Å². The first-order valence-electron chi connectivity index (χ1n) is 10.4. The molecule has 0 aromatic carbocycles. The molecule has 1 fully saturated rings. The van der Waals surface area contributed by atoms with Gasteiger partial charge >= 0.3 is 0 Å². The Hall–Kier alpha value is -3.07. The van der Waals surface area contributed by atoms with Crippen LogP contribution >= 0.6 is 0 Å². The Balaban J connectivity index is 0.00000289. The van der Waals surface area contributed by atoms with Crippen molar-refractivity contribution < 1.29 is 15.7 Å². The van der Waals surface area contributed by atoms with Crippen molar-refractivity contribution in [2.75, 3.05) is 24.5 Å². The van der Waals surface area contributed by atoms with Crippen LogP contribution in [0.3, 0.4) is 0 Å². The predicted molar refractivity (Wildman–Crippen MR) is 118 cm³/mol. The summed E-state index contributed by atoms with van der Waals surface area (Å²) in [7, 11) is 0. The highest BCUT2D eigenvalue weighted by molar-refractivity contribution is 5.89. The second kappa shape index (κ2) is 7.88. The first-order valence-corrected chi connectivity index (χ1v) is 10.4. The summed E-state index contributed by atoms with van der Waals surface area (Å²) in [6.07, 6.45) is 1.63. The summed E-state index contributed by atoms with van der Waals surface area (Å²) in [5.74, 6) is -0.0169. The monoisotopic (exact) mass is 428 g/mol. The highest BCUT2D eigenvalue weighted by atomic mass is 19.1. The largest absolute Gasteiger partial charge is 0.388 e. The molecule has 0 spiro atoms. The number of aromatic nitrogens is 4. The molecule has 166 valence electrons. The molecule has 1 amide bonds. The number of aliphatic hydroxyl groups is 1. The first-order chi connectivity index (χ1) is 14.7. The molecule has 4 rings (SSSR count). The van der Waals surface area contributed by atoms with Crippen LogP contribution in [0.1, 0.15) is 29.1 Å². The van der Waals surface area contributed by atoms with Crippen molar-refractivity contribution in [2.45, 2.75) is 39.3 Å². The van der Waals surface area contributed by atoms with Gasteiger partial charge in [-0.1, -0.05) is 13.8 Å². The molecule has 1 aliphatic heterocycles. The van der Waals surface area contributed by atoms with Gasteiger partial charge < -0.3 is 14.9 Å². The predicted octanol–water partition coefficient (Wildman–Crippen LogP) is 2.85. The van der Waals surface area contributed by atoms with Crippen molar-refractivity contribution in [1.82, 2.24) is 25.1 Å². The number of aromatic amines is 1. The molecule has 2 N–H and O–H groups in total. The fourth-order valence-corrected chi connectivity index (χ4v) is 4.07. The van der Waals surface area contributed by atoms with Crippen LogP contribution < -0.4 is 4.90 Å². The van der Waals surface area contributed by atoms with Gasteiger partial charge in [0.2, 0.25) is 5.91 Å². The normalized spacial score (nSPS) is 19.1. The SMILES string of the molecule is CC(=O)N1CCN(c2ccc(F)c(-c3[nH]nc4ncccc34)n2)CC1C(C)(O)C(C)C.[HH]. The number of amides is 1. The van der Waals surface area contributed by atoms with Gasteiger partial charge in [-0.3, -0.25) is 9.89 Å². The van der Waals surface area contributed by atoms with Gasteiger partial charge in [0.25, 0.3) is 0 Å². The van der Waals surface area contributed by atoms with E-state index in [0.717, 1.165) is 0 Å².